The minimum atomic E-state index is -0.238. The van der Waals surface area contributed by atoms with Crippen molar-refractivity contribution in [2.45, 2.75) is 13.5 Å². The van der Waals surface area contributed by atoms with E-state index < -0.39 is 0 Å². The van der Waals surface area contributed by atoms with E-state index in [0.717, 1.165) is 5.56 Å². The summed E-state index contributed by atoms with van der Waals surface area (Å²) in [5, 5.41) is 3.22. The van der Waals surface area contributed by atoms with E-state index in [-0.39, 0.29) is 5.91 Å². The fourth-order valence-corrected chi connectivity index (χ4v) is 2.50. The van der Waals surface area contributed by atoms with Crippen LogP contribution in [-0.4, -0.2) is 19.6 Å². The van der Waals surface area contributed by atoms with Crippen molar-refractivity contribution in [1.82, 2.24) is 5.32 Å². The first-order valence-corrected chi connectivity index (χ1v) is 7.73. The summed E-state index contributed by atoms with van der Waals surface area (Å²) in [4.78, 5) is 12.0. The minimum absolute atomic E-state index is 0.238. The van der Waals surface area contributed by atoms with Gasteiger partial charge in [-0.05, 0) is 40.5 Å². The zero-order valence-electron chi connectivity index (χ0n) is 12.1. The van der Waals surface area contributed by atoms with Crippen LogP contribution in [0.4, 0.5) is 0 Å². The topological polar surface area (TPSA) is 60.7 Å². The summed E-state index contributed by atoms with van der Waals surface area (Å²) in [5.41, 5.74) is 1.25. The van der Waals surface area contributed by atoms with Gasteiger partial charge in [-0.15, -0.1) is 0 Å². The van der Waals surface area contributed by atoms with Gasteiger partial charge in [0, 0.05) is 12.6 Å². The van der Waals surface area contributed by atoms with Gasteiger partial charge >= 0.3 is 0 Å². The zero-order chi connectivity index (χ0) is 16.1. The molecule has 1 amide bonds. The number of carbonyl (C=O) groups excluding carboxylic acids is 1. The predicted octanol–water partition coefficient (Wildman–Crippen LogP) is 4.03. The van der Waals surface area contributed by atoms with Gasteiger partial charge in [0.1, 0.15) is 6.26 Å². The highest BCUT2D eigenvalue weighted by atomic mass is 79.9. The molecule has 2 rings (SSSR count). The van der Waals surface area contributed by atoms with Gasteiger partial charge in [-0.1, -0.05) is 11.6 Å². The average molecular weight is 389 g/mol. The molecule has 1 N–H and O–H groups in total. The monoisotopic (exact) mass is 387 g/mol. The van der Waals surface area contributed by atoms with Crippen LogP contribution in [0.25, 0.3) is 0 Å². The average Bonchev–Trinajstić information content (AvgIpc) is 2.93. The van der Waals surface area contributed by atoms with Gasteiger partial charge < -0.3 is 19.2 Å². The van der Waals surface area contributed by atoms with E-state index >= 15 is 0 Å². The smallest absolute Gasteiger partial charge is 0.254 e. The normalized spacial score (nSPS) is 10.4. The molecule has 0 aliphatic rings. The number of halogens is 2. The summed E-state index contributed by atoms with van der Waals surface area (Å²) in [6, 6.07) is 5.12. The number of furan rings is 1. The van der Waals surface area contributed by atoms with Crippen LogP contribution in [0.15, 0.2) is 33.5 Å². The highest BCUT2D eigenvalue weighted by Crippen LogP contribution is 2.36. The molecule has 118 valence electrons. The van der Waals surface area contributed by atoms with Crippen molar-refractivity contribution >= 4 is 33.4 Å². The van der Waals surface area contributed by atoms with Crippen molar-refractivity contribution in [1.29, 1.82) is 0 Å². The van der Waals surface area contributed by atoms with E-state index in [0.29, 0.717) is 39.9 Å². The van der Waals surface area contributed by atoms with Crippen molar-refractivity contribution in [3.63, 3.8) is 0 Å². The lowest BCUT2D eigenvalue weighted by molar-refractivity contribution is 0.0950. The molecule has 0 atom stereocenters. The van der Waals surface area contributed by atoms with Crippen LogP contribution in [0.3, 0.4) is 0 Å². The maximum Gasteiger partial charge on any atom is 0.254 e. The molecule has 0 aliphatic carbocycles. The van der Waals surface area contributed by atoms with Crippen molar-refractivity contribution in [3.05, 3.63) is 45.3 Å². The first kappa shape index (κ1) is 16.7. The summed E-state index contributed by atoms with van der Waals surface area (Å²) < 4.78 is 16.3. The number of rotatable bonds is 6. The van der Waals surface area contributed by atoms with E-state index in [2.05, 4.69) is 21.2 Å². The molecule has 7 heteroatoms. The lowest BCUT2D eigenvalue weighted by Crippen LogP contribution is -2.22. The Morgan fingerprint density at radius 1 is 1.41 bits per heavy atom. The maximum absolute atomic E-state index is 12.0. The van der Waals surface area contributed by atoms with Gasteiger partial charge in [-0.3, -0.25) is 4.79 Å². The number of amides is 1. The van der Waals surface area contributed by atoms with Gasteiger partial charge in [0.05, 0.1) is 24.3 Å². The Hall–Kier alpha value is -1.66. The molecular formula is C15H15BrClNO4. The first-order chi connectivity index (χ1) is 10.5. The molecule has 1 aromatic carbocycles. The highest BCUT2D eigenvalue weighted by Gasteiger charge is 2.13. The Morgan fingerprint density at radius 2 is 2.18 bits per heavy atom. The number of methoxy groups -OCH3 is 1. The summed E-state index contributed by atoms with van der Waals surface area (Å²) in [5.74, 6) is 0.795. The molecule has 22 heavy (non-hydrogen) atoms. The van der Waals surface area contributed by atoms with Crippen LogP contribution in [0.5, 0.6) is 11.5 Å². The Bertz CT molecular complexity index is 672. The van der Waals surface area contributed by atoms with Crippen LogP contribution in [0, 0.1) is 0 Å². The quantitative estimate of drug-likeness (QED) is 0.811. The Morgan fingerprint density at radius 3 is 2.77 bits per heavy atom. The fourth-order valence-electron chi connectivity index (χ4n) is 1.87. The van der Waals surface area contributed by atoms with Crippen LogP contribution in [0.1, 0.15) is 22.8 Å². The second-order valence-corrected chi connectivity index (χ2v) is 5.55. The Labute approximate surface area is 141 Å². The lowest BCUT2D eigenvalue weighted by Gasteiger charge is -2.13. The first-order valence-electron chi connectivity index (χ1n) is 6.56. The van der Waals surface area contributed by atoms with E-state index in [9.17, 15) is 4.79 Å². The number of benzene rings is 1. The van der Waals surface area contributed by atoms with Crippen LogP contribution >= 0.6 is 27.5 Å². The Balaban J connectivity index is 2.10. The molecule has 0 bridgehead atoms. The van der Waals surface area contributed by atoms with Crippen molar-refractivity contribution in [3.8, 4) is 11.5 Å². The molecule has 0 saturated heterocycles. The van der Waals surface area contributed by atoms with Gasteiger partial charge in [0.2, 0.25) is 0 Å². The van der Waals surface area contributed by atoms with E-state index in [1.165, 1.54) is 6.26 Å². The number of carbonyl (C=O) groups is 1. The molecule has 2 aromatic rings. The third-order valence-electron chi connectivity index (χ3n) is 2.86. The van der Waals surface area contributed by atoms with Crippen molar-refractivity contribution in [2.75, 3.05) is 13.7 Å². The minimum Gasteiger partial charge on any atom is -0.493 e. The molecule has 5 nitrogen and oxygen atoms in total. The summed E-state index contributed by atoms with van der Waals surface area (Å²) in [6.07, 6.45) is 1.38. The predicted molar refractivity (Wildman–Crippen MR) is 86.8 cm³/mol. The largest absolute Gasteiger partial charge is 0.493 e. The van der Waals surface area contributed by atoms with Gasteiger partial charge in [0.15, 0.2) is 16.2 Å². The number of ether oxygens (including phenoxy) is 2. The Kier molecular flexibility index (Phi) is 5.74. The van der Waals surface area contributed by atoms with Crippen LogP contribution < -0.4 is 14.8 Å². The highest BCUT2D eigenvalue weighted by molar-refractivity contribution is 9.10. The van der Waals surface area contributed by atoms with Gasteiger partial charge in [0.25, 0.3) is 5.91 Å². The summed E-state index contributed by atoms with van der Waals surface area (Å²) in [7, 11) is 1.54. The van der Waals surface area contributed by atoms with E-state index in [1.54, 1.807) is 25.3 Å². The molecule has 0 fully saturated rings. The molecule has 1 aromatic heterocycles. The van der Waals surface area contributed by atoms with Crippen LogP contribution in [-0.2, 0) is 6.54 Å². The van der Waals surface area contributed by atoms with E-state index in [4.69, 9.17) is 25.5 Å². The van der Waals surface area contributed by atoms with Gasteiger partial charge in [-0.2, -0.15) is 0 Å². The standard InChI is InChI=1S/C15H15BrClNO4/c1-3-21-14-11(17)4-9(5-12(14)20-2)7-18-15(19)10-6-13(16)22-8-10/h4-6,8H,3,7H2,1-2H3,(H,18,19). The number of hydrogen-bond donors (Lipinski definition) is 1. The lowest BCUT2D eigenvalue weighted by atomic mass is 10.2. The molecule has 1 heterocycles. The second-order valence-electron chi connectivity index (χ2n) is 4.36. The molecule has 0 saturated carbocycles. The maximum atomic E-state index is 12.0. The third kappa shape index (κ3) is 3.96. The molecule has 0 spiro atoms. The SMILES string of the molecule is CCOc1c(Cl)cc(CNC(=O)c2coc(Br)c2)cc1OC. The van der Waals surface area contributed by atoms with Crippen molar-refractivity contribution < 1.29 is 18.7 Å². The molecule has 0 radical (unpaired) electrons. The summed E-state index contributed by atoms with van der Waals surface area (Å²) in [6.45, 7) is 2.67. The summed E-state index contributed by atoms with van der Waals surface area (Å²) >= 11 is 9.34. The van der Waals surface area contributed by atoms with E-state index in [1.807, 2.05) is 6.92 Å². The van der Waals surface area contributed by atoms with Crippen molar-refractivity contribution in [2.24, 2.45) is 0 Å². The molecule has 0 aliphatic heterocycles. The zero-order valence-corrected chi connectivity index (χ0v) is 14.5. The number of hydrogen-bond acceptors (Lipinski definition) is 4. The third-order valence-corrected chi connectivity index (χ3v) is 3.56. The van der Waals surface area contributed by atoms with Crippen LogP contribution in [0.2, 0.25) is 5.02 Å². The van der Waals surface area contributed by atoms with Gasteiger partial charge in [-0.25, -0.2) is 0 Å². The molecular weight excluding hydrogens is 374 g/mol. The molecule has 0 unspecified atom stereocenters. The second kappa shape index (κ2) is 7.56. The fraction of sp³-hybridized carbons (Fsp3) is 0.267. The number of nitrogens with one attached hydrogen (secondary N) is 1.